The Bertz CT molecular complexity index is 824. The van der Waals surface area contributed by atoms with Crippen molar-refractivity contribution in [1.82, 2.24) is 14.5 Å². The molecule has 2 aromatic heterocycles. The zero-order chi connectivity index (χ0) is 17.0. The van der Waals surface area contributed by atoms with Crippen molar-refractivity contribution in [2.75, 3.05) is 13.7 Å². The average Bonchev–Trinajstić information content (AvgIpc) is 3.29. The highest BCUT2D eigenvalue weighted by Crippen LogP contribution is 2.23. The van der Waals surface area contributed by atoms with Crippen LogP contribution in [0.25, 0.3) is 0 Å². The summed E-state index contributed by atoms with van der Waals surface area (Å²) in [5, 5.41) is 6.20. The molecule has 6 nitrogen and oxygen atoms in total. The Hall–Kier alpha value is -2.16. The highest BCUT2D eigenvalue weighted by atomic mass is 32.2. The normalized spacial score (nSPS) is 12.9. The van der Waals surface area contributed by atoms with Crippen LogP contribution in [0, 0.1) is 0 Å². The van der Waals surface area contributed by atoms with Gasteiger partial charge in [-0.1, -0.05) is 6.07 Å². The zero-order valence-corrected chi connectivity index (χ0v) is 14.6. The van der Waals surface area contributed by atoms with Crippen molar-refractivity contribution in [2.45, 2.75) is 10.9 Å². The molecule has 0 aliphatic heterocycles. The van der Waals surface area contributed by atoms with Gasteiger partial charge in [0, 0.05) is 23.8 Å². The van der Waals surface area contributed by atoms with Crippen molar-refractivity contribution in [2.24, 2.45) is 0 Å². The van der Waals surface area contributed by atoms with Crippen LogP contribution in [-0.4, -0.2) is 31.9 Å². The standard InChI is InChI=1S/C16H17N3O3S2/c1-22-13-5-7-14(8-6-13)24(20,21)18-12-15(16-4-2-11-23-16)19-10-3-9-17-19/h2-11,15,18H,12H2,1H3. The van der Waals surface area contributed by atoms with Gasteiger partial charge in [-0.05, 0) is 41.8 Å². The van der Waals surface area contributed by atoms with Crippen LogP contribution in [0.5, 0.6) is 5.75 Å². The van der Waals surface area contributed by atoms with E-state index in [0.717, 1.165) is 4.88 Å². The number of aromatic nitrogens is 2. The van der Waals surface area contributed by atoms with Crippen molar-refractivity contribution in [3.63, 3.8) is 0 Å². The van der Waals surface area contributed by atoms with Gasteiger partial charge in [-0.25, -0.2) is 13.1 Å². The van der Waals surface area contributed by atoms with Crippen molar-refractivity contribution in [1.29, 1.82) is 0 Å². The van der Waals surface area contributed by atoms with E-state index in [0.29, 0.717) is 5.75 Å². The number of nitrogens with zero attached hydrogens (tertiary/aromatic N) is 2. The number of nitrogens with one attached hydrogen (secondary N) is 1. The van der Waals surface area contributed by atoms with Crippen LogP contribution in [0.1, 0.15) is 10.9 Å². The molecular weight excluding hydrogens is 346 g/mol. The second-order valence-corrected chi connectivity index (χ2v) is 7.79. The highest BCUT2D eigenvalue weighted by molar-refractivity contribution is 7.89. The summed E-state index contributed by atoms with van der Waals surface area (Å²) in [5.41, 5.74) is 0. The molecule has 2 heterocycles. The first kappa shape index (κ1) is 16.7. The summed E-state index contributed by atoms with van der Waals surface area (Å²) in [7, 11) is -2.07. The number of benzene rings is 1. The summed E-state index contributed by atoms with van der Waals surface area (Å²) in [4.78, 5) is 1.24. The van der Waals surface area contributed by atoms with Crippen LogP contribution in [0.2, 0.25) is 0 Å². The van der Waals surface area contributed by atoms with E-state index in [1.165, 1.54) is 19.2 Å². The molecule has 8 heteroatoms. The number of ether oxygens (including phenoxy) is 1. The molecule has 1 unspecified atom stereocenters. The summed E-state index contributed by atoms with van der Waals surface area (Å²) in [6.45, 7) is 0.219. The van der Waals surface area contributed by atoms with Gasteiger partial charge in [0.2, 0.25) is 10.0 Å². The molecule has 24 heavy (non-hydrogen) atoms. The zero-order valence-electron chi connectivity index (χ0n) is 13.0. The van der Waals surface area contributed by atoms with Crippen LogP contribution in [0.15, 0.2) is 65.1 Å². The number of hydrogen-bond donors (Lipinski definition) is 1. The second-order valence-electron chi connectivity index (χ2n) is 5.04. The van der Waals surface area contributed by atoms with E-state index < -0.39 is 10.0 Å². The molecule has 1 aromatic carbocycles. The fourth-order valence-corrected chi connectivity index (χ4v) is 4.16. The first-order valence-corrected chi connectivity index (χ1v) is 9.63. The van der Waals surface area contributed by atoms with E-state index in [1.54, 1.807) is 34.3 Å². The third-order valence-electron chi connectivity index (χ3n) is 3.55. The minimum atomic E-state index is -3.60. The van der Waals surface area contributed by atoms with Gasteiger partial charge in [-0.15, -0.1) is 11.3 Å². The van der Waals surface area contributed by atoms with E-state index in [4.69, 9.17) is 4.74 Å². The maximum Gasteiger partial charge on any atom is 0.240 e. The Morgan fingerprint density at radius 3 is 2.62 bits per heavy atom. The molecule has 1 atom stereocenters. The first-order chi connectivity index (χ1) is 11.6. The number of thiophene rings is 1. The number of hydrogen-bond acceptors (Lipinski definition) is 5. The Kier molecular flexibility index (Phi) is 4.98. The molecule has 3 aromatic rings. The summed E-state index contributed by atoms with van der Waals surface area (Å²) in [5.74, 6) is 0.613. The lowest BCUT2D eigenvalue weighted by Gasteiger charge is -2.17. The van der Waals surface area contributed by atoms with Crippen LogP contribution in [-0.2, 0) is 10.0 Å². The van der Waals surface area contributed by atoms with Gasteiger partial charge in [0.25, 0.3) is 0 Å². The largest absolute Gasteiger partial charge is 0.497 e. The quantitative estimate of drug-likeness (QED) is 0.700. The fraction of sp³-hybridized carbons (Fsp3) is 0.188. The molecule has 1 N–H and O–H groups in total. The van der Waals surface area contributed by atoms with Gasteiger partial charge in [0.15, 0.2) is 0 Å². The van der Waals surface area contributed by atoms with Crippen LogP contribution < -0.4 is 9.46 Å². The number of rotatable bonds is 7. The Balaban J connectivity index is 1.78. The Morgan fingerprint density at radius 1 is 1.25 bits per heavy atom. The Morgan fingerprint density at radius 2 is 2.04 bits per heavy atom. The monoisotopic (exact) mass is 363 g/mol. The summed E-state index contributed by atoms with van der Waals surface area (Å²) in [6.07, 6.45) is 3.50. The number of sulfonamides is 1. The van der Waals surface area contributed by atoms with E-state index in [2.05, 4.69) is 9.82 Å². The molecule has 0 fully saturated rings. The molecule has 0 aliphatic carbocycles. The van der Waals surface area contributed by atoms with Gasteiger partial charge in [0.05, 0.1) is 18.0 Å². The summed E-state index contributed by atoms with van der Waals surface area (Å²) < 4.78 is 34.5. The maximum atomic E-state index is 12.5. The molecule has 0 spiro atoms. The third kappa shape index (κ3) is 3.66. The van der Waals surface area contributed by atoms with Gasteiger partial charge in [0.1, 0.15) is 5.75 Å². The molecule has 0 radical (unpaired) electrons. The molecule has 0 bridgehead atoms. The summed E-state index contributed by atoms with van der Waals surface area (Å²) in [6, 6.07) is 11.8. The lowest BCUT2D eigenvalue weighted by molar-refractivity contribution is 0.414. The first-order valence-electron chi connectivity index (χ1n) is 7.26. The minimum Gasteiger partial charge on any atom is -0.497 e. The van der Waals surface area contributed by atoms with Crippen molar-refractivity contribution in [3.8, 4) is 5.75 Å². The molecule has 0 saturated heterocycles. The third-order valence-corrected chi connectivity index (χ3v) is 5.97. The molecule has 0 saturated carbocycles. The van der Waals surface area contributed by atoms with Crippen LogP contribution >= 0.6 is 11.3 Å². The van der Waals surface area contributed by atoms with E-state index in [-0.39, 0.29) is 17.5 Å². The molecule has 0 amide bonds. The van der Waals surface area contributed by atoms with Gasteiger partial charge in [-0.3, -0.25) is 4.68 Å². The van der Waals surface area contributed by atoms with E-state index >= 15 is 0 Å². The molecule has 126 valence electrons. The van der Waals surface area contributed by atoms with Crippen LogP contribution in [0.4, 0.5) is 0 Å². The van der Waals surface area contributed by atoms with E-state index in [1.807, 2.05) is 29.8 Å². The minimum absolute atomic E-state index is 0.187. The molecule has 3 rings (SSSR count). The maximum absolute atomic E-state index is 12.5. The topological polar surface area (TPSA) is 73.2 Å². The van der Waals surface area contributed by atoms with Crippen molar-refractivity contribution < 1.29 is 13.2 Å². The molecular formula is C16H17N3O3S2. The predicted octanol–water partition coefficient (Wildman–Crippen LogP) is 2.52. The second kappa shape index (κ2) is 7.16. The van der Waals surface area contributed by atoms with E-state index in [9.17, 15) is 8.42 Å². The van der Waals surface area contributed by atoms with Gasteiger partial charge >= 0.3 is 0 Å². The lowest BCUT2D eigenvalue weighted by Crippen LogP contribution is -2.31. The lowest BCUT2D eigenvalue weighted by atomic mass is 10.2. The number of methoxy groups -OCH3 is 1. The smallest absolute Gasteiger partial charge is 0.240 e. The SMILES string of the molecule is COc1ccc(S(=O)(=O)NCC(c2cccs2)n2cccn2)cc1. The molecule has 0 aliphatic rings. The highest BCUT2D eigenvalue weighted by Gasteiger charge is 2.20. The predicted molar refractivity (Wildman–Crippen MR) is 92.9 cm³/mol. The van der Waals surface area contributed by atoms with Crippen molar-refractivity contribution in [3.05, 3.63) is 65.1 Å². The fourth-order valence-electron chi connectivity index (χ4n) is 2.30. The average molecular weight is 363 g/mol. The van der Waals surface area contributed by atoms with Crippen LogP contribution in [0.3, 0.4) is 0 Å². The Labute approximate surface area is 144 Å². The van der Waals surface area contributed by atoms with Gasteiger partial charge in [-0.2, -0.15) is 5.10 Å². The van der Waals surface area contributed by atoms with Crippen molar-refractivity contribution >= 4 is 21.4 Å². The van der Waals surface area contributed by atoms with Gasteiger partial charge < -0.3 is 4.74 Å². The summed E-state index contributed by atoms with van der Waals surface area (Å²) >= 11 is 1.57.